The van der Waals surface area contributed by atoms with Gasteiger partial charge in [-0.05, 0) is 36.1 Å². The number of thiophene rings is 1. The Morgan fingerprint density at radius 2 is 2.12 bits per heavy atom. The summed E-state index contributed by atoms with van der Waals surface area (Å²) in [6, 6.07) is 9.63. The molecule has 1 aliphatic rings. The molecular formula is C13H12N2OS. The minimum Gasteiger partial charge on any atom is -0.368 e. The second-order valence-electron chi connectivity index (χ2n) is 4.13. The highest BCUT2D eigenvalue weighted by atomic mass is 32.1. The topological polar surface area (TPSA) is 41.1 Å². The number of carbonyl (C=O) groups excluding carboxylic acids is 1. The minimum atomic E-state index is -0.274. The fraction of sp³-hybridized carbons (Fsp3) is 0.154. The summed E-state index contributed by atoms with van der Waals surface area (Å²) >= 11 is 1.59. The lowest BCUT2D eigenvalue weighted by Crippen LogP contribution is -2.31. The number of fused-ring (bicyclic) bond motifs is 1. The quantitative estimate of drug-likeness (QED) is 0.809. The van der Waals surface area contributed by atoms with Gasteiger partial charge in [0.1, 0.15) is 6.04 Å². The first kappa shape index (κ1) is 10.4. The lowest BCUT2D eigenvalue weighted by molar-refractivity contribution is -0.117. The number of nitrogens with one attached hydrogen (secondary N) is 2. The number of aryl methyl sites for hydroxylation is 1. The Kier molecular flexibility index (Phi) is 2.37. The Bertz CT molecular complexity index is 563. The lowest BCUT2D eigenvalue weighted by atomic mass is 10.1. The smallest absolute Gasteiger partial charge is 0.252 e. The van der Waals surface area contributed by atoms with E-state index in [1.54, 1.807) is 11.3 Å². The first-order valence-electron chi connectivity index (χ1n) is 5.45. The molecule has 1 aromatic carbocycles. The molecule has 86 valence electrons. The number of hydrogen-bond acceptors (Lipinski definition) is 3. The van der Waals surface area contributed by atoms with Crippen LogP contribution in [0.25, 0.3) is 0 Å². The molecule has 0 saturated heterocycles. The fourth-order valence-electron chi connectivity index (χ4n) is 1.97. The molecule has 1 aliphatic heterocycles. The molecule has 1 aromatic heterocycles. The van der Waals surface area contributed by atoms with Crippen LogP contribution in [0.3, 0.4) is 0 Å². The van der Waals surface area contributed by atoms with E-state index in [0.717, 1.165) is 16.3 Å². The molecule has 1 unspecified atom stereocenters. The normalized spacial score (nSPS) is 18.2. The number of benzene rings is 1. The van der Waals surface area contributed by atoms with E-state index in [9.17, 15) is 4.79 Å². The van der Waals surface area contributed by atoms with E-state index in [2.05, 4.69) is 16.7 Å². The zero-order valence-corrected chi connectivity index (χ0v) is 10.2. The van der Waals surface area contributed by atoms with E-state index in [1.807, 2.05) is 36.6 Å². The maximum Gasteiger partial charge on any atom is 0.252 e. The van der Waals surface area contributed by atoms with Crippen molar-refractivity contribution in [2.45, 2.75) is 13.0 Å². The number of anilines is 2. The van der Waals surface area contributed by atoms with Crippen molar-refractivity contribution in [3.05, 3.63) is 46.2 Å². The molecule has 0 spiro atoms. The molecule has 0 saturated carbocycles. The van der Waals surface area contributed by atoms with Crippen LogP contribution >= 0.6 is 11.3 Å². The molecule has 3 rings (SSSR count). The van der Waals surface area contributed by atoms with E-state index in [-0.39, 0.29) is 11.9 Å². The van der Waals surface area contributed by atoms with Crippen LogP contribution in [-0.4, -0.2) is 5.91 Å². The molecule has 0 fully saturated rings. The molecule has 2 aromatic rings. The van der Waals surface area contributed by atoms with Crippen molar-refractivity contribution >= 4 is 28.6 Å². The first-order valence-corrected chi connectivity index (χ1v) is 6.33. The van der Waals surface area contributed by atoms with Crippen LogP contribution in [0.5, 0.6) is 0 Å². The third-order valence-corrected chi connectivity index (χ3v) is 3.76. The molecule has 3 nitrogen and oxygen atoms in total. The second kappa shape index (κ2) is 3.89. The lowest BCUT2D eigenvalue weighted by Gasteiger charge is -2.26. The van der Waals surface area contributed by atoms with Crippen LogP contribution in [0.1, 0.15) is 16.5 Å². The Morgan fingerprint density at radius 1 is 1.24 bits per heavy atom. The average Bonchev–Trinajstić information content (AvgIpc) is 2.82. The SMILES string of the molecule is Cc1ccc2c(c1)NC(c1cccs1)C(=O)N2. The largest absolute Gasteiger partial charge is 0.368 e. The molecule has 2 N–H and O–H groups in total. The molecule has 17 heavy (non-hydrogen) atoms. The first-order chi connectivity index (χ1) is 8.24. The van der Waals surface area contributed by atoms with Crippen LogP contribution in [-0.2, 0) is 4.79 Å². The second-order valence-corrected chi connectivity index (χ2v) is 5.11. The third-order valence-electron chi connectivity index (χ3n) is 2.82. The highest BCUT2D eigenvalue weighted by Gasteiger charge is 2.27. The van der Waals surface area contributed by atoms with Gasteiger partial charge in [0.25, 0.3) is 5.91 Å². The number of rotatable bonds is 1. The Hall–Kier alpha value is -1.81. The van der Waals surface area contributed by atoms with E-state index < -0.39 is 0 Å². The van der Waals surface area contributed by atoms with Gasteiger partial charge < -0.3 is 10.6 Å². The van der Waals surface area contributed by atoms with Gasteiger partial charge in [0.15, 0.2) is 0 Å². The molecule has 1 atom stereocenters. The highest BCUT2D eigenvalue weighted by molar-refractivity contribution is 7.10. The maximum atomic E-state index is 12.0. The van der Waals surface area contributed by atoms with E-state index in [1.165, 1.54) is 5.56 Å². The van der Waals surface area contributed by atoms with Gasteiger partial charge in [-0.1, -0.05) is 12.1 Å². The summed E-state index contributed by atoms with van der Waals surface area (Å²) in [6.45, 7) is 2.04. The summed E-state index contributed by atoms with van der Waals surface area (Å²) in [4.78, 5) is 13.0. The van der Waals surface area contributed by atoms with Gasteiger partial charge in [0, 0.05) is 4.88 Å². The maximum absolute atomic E-state index is 12.0. The van der Waals surface area contributed by atoms with Gasteiger partial charge in [0.05, 0.1) is 11.4 Å². The Balaban J connectivity index is 1.99. The van der Waals surface area contributed by atoms with Crippen LogP contribution in [0.2, 0.25) is 0 Å². The summed E-state index contributed by atoms with van der Waals surface area (Å²) in [5.41, 5.74) is 3.02. The summed E-state index contributed by atoms with van der Waals surface area (Å²) in [7, 11) is 0. The molecular weight excluding hydrogens is 232 g/mol. The van der Waals surface area contributed by atoms with Gasteiger partial charge >= 0.3 is 0 Å². The van der Waals surface area contributed by atoms with Gasteiger partial charge in [-0.15, -0.1) is 11.3 Å². The van der Waals surface area contributed by atoms with Crippen LogP contribution in [0.4, 0.5) is 11.4 Å². The zero-order chi connectivity index (χ0) is 11.8. The van der Waals surface area contributed by atoms with E-state index in [0.29, 0.717) is 0 Å². The van der Waals surface area contributed by atoms with Gasteiger partial charge in [0.2, 0.25) is 0 Å². The molecule has 0 aliphatic carbocycles. The number of hydrogen-bond donors (Lipinski definition) is 2. The Morgan fingerprint density at radius 3 is 2.88 bits per heavy atom. The summed E-state index contributed by atoms with van der Waals surface area (Å²) in [5.74, 6) is 0.00352. The van der Waals surface area contributed by atoms with Crippen molar-refractivity contribution in [1.29, 1.82) is 0 Å². The average molecular weight is 244 g/mol. The van der Waals surface area contributed by atoms with Crippen molar-refractivity contribution in [3.63, 3.8) is 0 Å². The molecule has 0 radical (unpaired) electrons. The third kappa shape index (κ3) is 1.80. The summed E-state index contributed by atoms with van der Waals surface area (Å²) in [6.07, 6.45) is 0. The monoisotopic (exact) mass is 244 g/mol. The molecule has 4 heteroatoms. The van der Waals surface area contributed by atoms with Crippen molar-refractivity contribution < 1.29 is 4.79 Å². The highest BCUT2D eigenvalue weighted by Crippen LogP contribution is 2.34. The standard InChI is InChI=1S/C13H12N2OS/c1-8-4-5-9-10(7-8)14-12(13(16)15-9)11-3-2-6-17-11/h2-7,12,14H,1H3,(H,15,16). The van der Waals surface area contributed by atoms with Crippen LogP contribution < -0.4 is 10.6 Å². The predicted octanol–water partition coefficient (Wildman–Crippen LogP) is 3.16. The van der Waals surface area contributed by atoms with Gasteiger partial charge in [-0.3, -0.25) is 4.79 Å². The number of amides is 1. The fourth-order valence-corrected chi connectivity index (χ4v) is 2.74. The number of carbonyl (C=O) groups is 1. The van der Waals surface area contributed by atoms with Crippen LogP contribution in [0, 0.1) is 6.92 Å². The van der Waals surface area contributed by atoms with E-state index >= 15 is 0 Å². The predicted molar refractivity (Wildman–Crippen MR) is 70.5 cm³/mol. The van der Waals surface area contributed by atoms with Crippen LogP contribution in [0.15, 0.2) is 35.7 Å². The minimum absolute atomic E-state index is 0.00352. The van der Waals surface area contributed by atoms with Crippen molar-refractivity contribution in [2.75, 3.05) is 10.6 Å². The molecule has 2 heterocycles. The molecule has 0 bridgehead atoms. The van der Waals surface area contributed by atoms with Gasteiger partial charge in [-0.25, -0.2) is 0 Å². The van der Waals surface area contributed by atoms with Crippen molar-refractivity contribution in [3.8, 4) is 0 Å². The summed E-state index contributed by atoms with van der Waals surface area (Å²) in [5, 5.41) is 8.20. The zero-order valence-electron chi connectivity index (χ0n) is 9.36. The summed E-state index contributed by atoms with van der Waals surface area (Å²) < 4.78 is 0. The van der Waals surface area contributed by atoms with Crippen molar-refractivity contribution in [2.24, 2.45) is 0 Å². The van der Waals surface area contributed by atoms with E-state index in [4.69, 9.17) is 0 Å². The molecule has 1 amide bonds. The Labute approximate surface area is 103 Å². The van der Waals surface area contributed by atoms with Gasteiger partial charge in [-0.2, -0.15) is 0 Å². The van der Waals surface area contributed by atoms with Crippen molar-refractivity contribution in [1.82, 2.24) is 0 Å².